The van der Waals surface area contributed by atoms with Crippen molar-refractivity contribution in [3.05, 3.63) is 300 Å². The number of fused-ring (bicyclic) bond motifs is 16. The first kappa shape index (κ1) is 77.2. The number of hydrogen-bond acceptors (Lipinski definition) is 8. The molecule has 0 aliphatic carbocycles. The van der Waals surface area contributed by atoms with Crippen molar-refractivity contribution >= 4 is 113 Å². The van der Waals surface area contributed by atoms with Crippen molar-refractivity contribution in [3.8, 4) is 89.0 Å². The van der Waals surface area contributed by atoms with Crippen LogP contribution in [0.2, 0.25) is 0 Å². The molecule has 0 saturated heterocycles. The van der Waals surface area contributed by atoms with Gasteiger partial charge in [0.1, 0.15) is 28.2 Å². The van der Waals surface area contributed by atoms with Gasteiger partial charge in [-0.1, -0.05) is 140 Å². The Morgan fingerprint density at radius 3 is 0.558 bits per heavy atom. The second-order valence-corrected chi connectivity index (χ2v) is 30.3. The number of nitrogens with zero attached hydrogens (tertiary/aromatic N) is 12. The van der Waals surface area contributed by atoms with Crippen LogP contribution in [0.25, 0.3) is 182 Å². The maximum atomic E-state index is 12.0. The number of benzene rings is 4. The summed E-state index contributed by atoms with van der Waals surface area (Å²) in [4.78, 5) is 41.7. The molecule has 4 aliphatic heterocycles. The molecule has 0 atom stereocenters. The summed E-state index contributed by atoms with van der Waals surface area (Å²) in [6.07, 6.45) is 32.5. The third-order valence-electron chi connectivity index (χ3n) is 19.8. The third-order valence-corrected chi connectivity index (χ3v) is 21.6. The minimum Gasteiger partial charge on any atom is -0.657 e. The van der Waals surface area contributed by atoms with Crippen LogP contribution in [-0.2, 0) is 82.0 Å². The minimum absolute atomic E-state index is 0. The van der Waals surface area contributed by atoms with Crippen LogP contribution < -0.4 is 38.2 Å². The monoisotopic (exact) mass is 1610 g/mol. The smallest absolute Gasteiger partial charge is 0.657 e. The molecule has 4 aliphatic rings. The van der Waals surface area contributed by atoms with Crippen molar-refractivity contribution in [2.75, 3.05) is 0 Å². The molecule has 10 aromatic heterocycles. The van der Waals surface area contributed by atoms with Crippen molar-refractivity contribution in [2.45, 2.75) is 31.1 Å². The summed E-state index contributed by atoms with van der Waals surface area (Å²) in [7, 11) is -0.813. The third kappa shape index (κ3) is 15.4. The van der Waals surface area contributed by atoms with Crippen LogP contribution in [0.15, 0.2) is 253 Å². The molecule has 0 spiro atoms. The van der Waals surface area contributed by atoms with E-state index in [0.29, 0.717) is 67.1 Å². The van der Waals surface area contributed by atoms with Crippen molar-refractivity contribution in [1.82, 2.24) is 39.9 Å². The summed E-state index contributed by atoms with van der Waals surface area (Å²) in [6, 6.07) is 61.1. The molecule has 0 amide bonds. The average molecular weight is 1610 g/mol. The predicted molar refractivity (Wildman–Crippen MR) is 438 cm³/mol. The van der Waals surface area contributed by atoms with E-state index in [0.717, 1.165) is 123 Å². The van der Waals surface area contributed by atoms with Gasteiger partial charge in [0.25, 0.3) is 20.2 Å². The van der Waals surface area contributed by atoms with Crippen molar-refractivity contribution in [3.63, 3.8) is 0 Å². The Labute approximate surface area is 674 Å². The number of aryl methyl sites for hydroxylation is 6. The number of rotatable bonds is 10. The van der Waals surface area contributed by atoms with Crippen molar-refractivity contribution < 1.29 is 77.8 Å². The van der Waals surface area contributed by atoms with Crippen LogP contribution in [-0.4, -0.2) is 45.9 Å². The fourth-order valence-corrected chi connectivity index (χ4v) is 15.2. The maximum Gasteiger partial charge on any atom is 2.00 e. The van der Waals surface area contributed by atoms with E-state index in [1.807, 2.05) is 157 Å². The molecule has 14 heterocycles. The van der Waals surface area contributed by atoms with Crippen LogP contribution >= 0.6 is 0 Å². The van der Waals surface area contributed by atoms with Gasteiger partial charge in [-0.2, -0.15) is 16.8 Å². The Morgan fingerprint density at radius 1 is 0.248 bits per heavy atom. The first-order valence-corrected chi connectivity index (χ1v) is 38.3. The molecule has 2 N–H and O–H groups in total. The number of aromatic nitrogens is 12. The zero-order valence-corrected chi connectivity index (χ0v) is 64.8. The molecule has 0 saturated carbocycles. The van der Waals surface area contributed by atoms with Gasteiger partial charge in [-0.3, -0.25) is 9.11 Å². The molecule has 18 nitrogen and oxygen atoms in total. The van der Waals surface area contributed by atoms with E-state index >= 15 is 0 Å². The Kier molecular flexibility index (Phi) is 21.4. The topological polar surface area (TPSA) is 232 Å². The largest absolute Gasteiger partial charge is 2.00 e. The van der Waals surface area contributed by atoms with Crippen LogP contribution in [0.1, 0.15) is 64.1 Å². The molecule has 16 bridgehead atoms. The van der Waals surface area contributed by atoms with Crippen molar-refractivity contribution in [1.29, 1.82) is 0 Å². The van der Waals surface area contributed by atoms with Crippen LogP contribution in [0.4, 0.5) is 0 Å². The fourth-order valence-electron chi connectivity index (χ4n) is 14.2. The van der Waals surface area contributed by atoms with E-state index in [2.05, 4.69) is 147 Å². The van der Waals surface area contributed by atoms with Crippen LogP contribution in [0.5, 0.6) is 0 Å². The average Bonchev–Trinajstić information content (AvgIpc) is 1.62. The molecular weight excluding hydrogens is 1540 g/mol. The van der Waals surface area contributed by atoms with Gasteiger partial charge in [-0.05, 0) is 176 Å². The summed E-state index contributed by atoms with van der Waals surface area (Å²) >= 11 is 0. The van der Waals surface area contributed by atoms with Gasteiger partial charge in [0, 0.05) is 48.5 Å². The molecule has 0 unspecified atom stereocenters. The van der Waals surface area contributed by atoms with E-state index in [4.69, 9.17) is 39.9 Å². The van der Waals surface area contributed by atoms with Crippen molar-refractivity contribution in [2.24, 2.45) is 28.2 Å². The van der Waals surface area contributed by atoms with Gasteiger partial charge in [0.05, 0.1) is 55.3 Å². The summed E-state index contributed by atoms with van der Waals surface area (Å²) in [5.41, 5.74) is 27.7. The normalized spacial score (nSPS) is 12.0. The molecule has 22 heteroatoms. The zero-order chi connectivity index (χ0) is 75.7. The van der Waals surface area contributed by atoms with Gasteiger partial charge < -0.3 is 19.9 Å². The number of hydrogen-bond donors (Lipinski definition) is 2. The van der Waals surface area contributed by atoms with E-state index in [1.54, 1.807) is 24.3 Å². The SMILES string of the molecule is C.C[n+]1ccc(-c2c3nc(c(-c4cc[n+](C)cc4)c4ccc([n-]4)c(-c4cc[n+](C)cc4)c4nc(c(-c5cc[n+](C)cc5)c5ccc2[n-]5)C=C4)C=C3)cc1.Cc1ccc(-c2c3nc(c(-c4ccc(S(=O)(=O)O)cc4)c4ccc([n-]4)c(-c4ccc(S(=O)(=O)O)cc4)c4nc(c(-c5ccc(C)cc5)c5ccc2[n-]5)C=C4)C=C3)cc1.[Co+2].[Co+2]. The minimum atomic E-state index is -4.45. The summed E-state index contributed by atoms with van der Waals surface area (Å²) in [6.45, 7) is 4.06. The molecule has 14 aromatic rings. The molecule has 18 rings (SSSR count). The number of pyridine rings is 4. The van der Waals surface area contributed by atoms with Gasteiger partial charge in [0.2, 0.25) is 0 Å². The fraction of sp³-hybridized carbons (Fsp3) is 0.0769. The summed E-state index contributed by atoms with van der Waals surface area (Å²) in [5, 5.41) is 0. The Hall–Kier alpha value is -12.5. The van der Waals surface area contributed by atoms with E-state index in [9.17, 15) is 25.9 Å². The molecule has 113 heavy (non-hydrogen) atoms. The van der Waals surface area contributed by atoms with Gasteiger partial charge in [-0.15, -0.1) is 44.1 Å². The quantitative estimate of drug-likeness (QED) is 0.0958. The van der Waals surface area contributed by atoms with Gasteiger partial charge in [0.15, 0.2) is 49.6 Å². The Balaban J connectivity index is 0.000000183. The summed E-state index contributed by atoms with van der Waals surface area (Å²) < 4.78 is 75.6. The van der Waals surface area contributed by atoms with Crippen LogP contribution in [0.3, 0.4) is 0 Å². The van der Waals surface area contributed by atoms with E-state index in [-0.39, 0.29) is 50.8 Å². The first-order chi connectivity index (χ1) is 53.2. The Morgan fingerprint density at radius 2 is 0.398 bits per heavy atom. The second-order valence-electron chi connectivity index (χ2n) is 27.5. The molecule has 2 radical (unpaired) electrons. The molecular formula is C91H72Co2N12O6S2+4. The Bertz CT molecular complexity index is 6250. The van der Waals surface area contributed by atoms with E-state index < -0.39 is 20.2 Å². The van der Waals surface area contributed by atoms with Gasteiger partial charge >= 0.3 is 33.6 Å². The summed E-state index contributed by atoms with van der Waals surface area (Å²) in [5.74, 6) is 0. The predicted octanol–water partition coefficient (Wildman–Crippen LogP) is 16.2. The van der Waals surface area contributed by atoms with Gasteiger partial charge in [-0.25, -0.2) is 38.2 Å². The zero-order valence-electron chi connectivity index (χ0n) is 61.1. The van der Waals surface area contributed by atoms with Crippen LogP contribution in [0, 0.1) is 13.8 Å². The molecule has 4 aromatic carbocycles. The molecule has 558 valence electrons. The maximum absolute atomic E-state index is 12.0. The van der Waals surface area contributed by atoms with E-state index in [1.165, 1.54) is 24.3 Å². The first-order valence-electron chi connectivity index (χ1n) is 35.4. The molecule has 0 fully saturated rings. The standard InChI is InChI=1S/C46H32N4O6S2.C44H36N8.CH4.2Co/c1-27-3-7-29(8-4-27)43-35-19-20-36(47-35)44(30-9-5-28(2)6-10-30)38-22-24-40(49-38)46(32-13-17-34(18-14-32)58(54,55)56)42-26-25-41(50-42)45(39-23-21-37(43)48-39)31-11-15-33(16-12-31)57(51,52)53;1-49-21-13-29(14-22-49)41-33-5-7-35(45-33)42(30-15-23-50(2)24-16-30)37-9-11-39(47-37)44(32-19-27-52(4)28-20-32)40-12-10-38(48-40)43(36-8-6-34(41)46-36)31-17-25-51(3)26-18-31;;;/h3-26H,1-2H3,(H,51,52,53)(H,54,55,56);5-28H,1-4H3;1H4;;/q-2;+2;;2*+2. The second kappa shape index (κ2) is 31.4.